The maximum atomic E-state index is 12.2. The van der Waals surface area contributed by atoms with Crippen molar-refractivity contribution in [2.24, 2.45) is 0 Å². The van der Waals surface area contributed by atoms with E-state index in [4.69, 9.17) is 9.47 Å². The number of carbonyl (C=O) groups excluding carboxylic acids is 1. The number of nitrogens with zero attached hydrogens (tertiary/aromatic N) is 1. The smallest absolute Gasteiger partial charge is 0.238 e. The lowest BCUT2D eigenvalue weighted by Crippen LogP contribution is -2.30. The number of hydrogen-bond donors (Lipinski definition) is 1. The number of rotatable bonds is 7. The van der Waals surface area contributed by atoms with E-state index in [1.807, 2.05) is 54.4 Å². The number of benzene rings is 2. The van der Waals surface area contributed by atoms with E-state index in [1.54, 1.807) is 14.2 Å². The molecule has 0 atom stereocenters. The molecule has 0 unspecified atom stereocenters. The molecule has 0 fully saturated rings. The molecule has 0 aromatic heterocycles. The second kappa shape index (κ2) is 8.70. The fraction of sp³-hybridized carbons (Fsp3) is 0.278. The topological polar surface area (TPSA) is 50.8 Å². The van der Waals surface area contributed by atoms with Crippen molar-refractivity contribution < 1.29 is 14.3 Å². The van der Waals surface area contributed by atoms with Gasteiger partial charge in [-0.15, -0.1) is 0 Å². The van der Waals surface area contributed by atoms with Crippen LogP contribution in [0.15, 0.2) is 46.9 Å². The van der Waals surface area contributed by atoms with Gasteiger partial charge in [0, 0.05) is 22.3 Å². The van der Waals surface area contributed by atoms with E-state index in [0.29, 0.717) is 18.0 Å². The minimum absolute atomic E-state index is 0.0718. The molecule has 5 nitrogen and oxygen atoms in total. The van der Waals surface area contributed by atoms with Crippen molar-refractivity contribution in [3.05, 3.63) is 52.5 Å². The molecule has 0 aliphatic heterocycles. The number of hydrogen-bond acceptors (Lipinski definition) is 4. The average Bonchev–Trinajstić information content (AvgIpc) is 2.54. The van der Waals surface area contributed by atoms with E-state index < -0.39 is 0 Å². The zero-order valence-corrected chi connectivity index (χ0v) is 15.6. The minimum Gasteiger partial charge on any atom is -0.493 e. The van der Waals surface area contributed by atoms with E-state index in [-0.39, 0.29) is 12.5 Å². The van der Waals surface area contributed by atoms with Crippen LogP contribution in [0, 0.1) is 0 Å². The second-order valence-electron chi connectivity index (χ2n) is 5.38. The molecule has 0 spiro atoms. The number of nitrogens with one attached hydrogen (secondary N) is 1. The van der Waals surface area contributed by atoms with Gasteiger partial charge in [0.05, 0.1) is 20.8 Å². The van der Waals surface area contributed by atoms with Crippen molar-refractivity contribution in [2.45, 2.75) is 6.54 Å². The molecule has 0 aliphatic carbocycles. The van der Waals surface area contributed by atoms with Crippen molar-refractivity contribution in [3.8, 4) is 11.5 Å². The molecule has 24 heavy (non-hydrogen) atoms. The van der Waals surface area contributed by atoms with Crippen LogP contribution in [-0.4, -0.2) is 38.6 Å². The first-order valence-electron chi connectivity index (χ1n) is 7.47. The monoisotopic (exact) mass is 392 g/mol. The molecule has 2 rings (SSSR count). The number of amides is 1. The van der Waals surface area contributed by atoms with E-state index in [2.05, 4.69) is 21.2 Å². The largest absolute Gasteiger partial charge is 0.493 e. The number of ether oxygens (including phenoxy) is 2. The van der Waals surface area contributed by atoms with Crippen molar-refractivity contribution >= 4 is 27.5 Å². The van der Waals surface area contributed by atoms with Gasteiger partial charge in [-0.3, -0.25) is 9.69 Å². The minimum atomic E-state index is -0.0718. The van der Waals surface area contributed by atoms with Crippen LogP contribution in [-0.2, 0) is 11.3 Å². The summed E-state index contributed by atoms with van der Waals surface area (Å²) in [5, 5.41) is 2.88. The zero-order valence-electron chi connectivity index (χ0n) is 14.0. The first-order valence-corrected chi connectivity index (χ1v) is 8.26. The molecule has 0 heterocycles. The highest BCUT2D eigenvalue weighted by molar-refractivity contribution is 9.10. The zero-order chi connectivity index (χ0) is 17.5. The number of para-hydroxylation sites is 1. The normalized spacial score (nSPS) is 10.5. The molecular formula is C18H21BrN2O3. The maximum Gasteiger partial charge on any atom is 0.238 e. The quantitative estimate of drug-likeness (QED) is 0.782. The summed E-state index contributed by atoms with van der Waals surface area (Å²) in [6.07, 6.45) is 0. The van der Waals surface area contributed by atoms with E-state index >= 15 is 0 Å². The molecule has 1 amide bonds. The lowest BCUT2D eigenvalue weighted by atomic mass is 10.1. The van der Waals surface area contributed by atoms with Crippen LogP contribution >= 0.6 is 15.9 Å². The number of halogens is 1. The predicted octanol–water partition coefficient (Wildman–Crippen LogP) is 3.54. The van der Waals surface area contributed by atoms with Gasteiger partial charge in [-0.1, -0.05) is 34.1 Å². The Bertz CT molecular complexity index is 706. The molecule has 1 N–H and O–H groups in total. The van der Waals surface area contributed by atoms with E-state index in [9.17, 15) is 4.79 Å². The molecule has 0 bridgehead atoms. The Morgan fingerprint density at radius 3 is 2.58 bits per heavy atom. The standard InChI is InChI=1S/C18H21BrN2O3/c1-21(11-13-6-4-9-16(23-2)18(13)24-3)12-17(22)20-15-8-5-7-14(19)10-15/h4-10H,11-12H2,1-3H3,(H,20,22). The van der Waals surface area contributed by atoms with Crippen LogP contribution in [0.25, 0.3) is 0 Å². The fourth-order valence-electron chi connectivity index (χ4n) is 2.44. The van der Waals surface area contributed by atoms with Crippen LogP contribution in [0.1, 0.15) is 5.56 Å². The number of likely N-dealkylation sites (N-methyl/N-ethyl adjacent to an activating group) is 1. The van der Waals surface area contributed by atoms with Gasteiger partial charge in [0.1, 0.15) is 0 Å². The summed E-state index contributed by atoms with van der Waals surface area (Å²) in [6.45, 7) is 0.846. The van der Waals surface area contributed by atoms with Crippen molar-refractivity contribution in [1.29, 1.82) is 0 Å². The lowest BCUT2D eigenvalue weighted by Gasteiger charge is -2.19. The lowest BCUT2D eigenvalue weighted by molar-refractivity contribution is -0.117. The second-order valence-corrected chi connectivity index (χ2v) is 6.30. The molecule has 2 aromatic rings. The highest BCUT2D eigenvalue weighted by Crippen LogP contribution is 2.31. The van der Waals surface area contributed by atoms with Gasteiger partial charge in [-0.2, -0.15) is 0 Å². The predicted molar refractivity (Wildman–Crippen MR) is 98.7 cm³/mol. The Balaban J connectivity index is 1.98. The van der Waals surface area contributed by atoms with Gasteiger partial charge in [0.2, 0.25) is 5.91 Å². The van der Waals surface area contributed by atoms with Crippen LogP contribution in [0.4, 0.5) is 5.69 Å². The number of carbonyl (C=O) groups is 1. The average molecular weight is 393 g/mol. The van der Waals surface area contributed by atoms with Crippen LogP contribution in [0.5, 0.6) is 11.5 Å². The summed E-state index contributed by atoms with van der Waals surface area (Å²) < 4.78 is 11.7. The summed E-state index contributed by atoms with van der Waals surface area (Å²) in [5.74, 6) is 1.30. The first kappa shape index (κ1) is 18.3. The highest BCUT2D eigenvalue weighted by Gasteiger charge is 2.13. The highest BCUT2D eigenvalue weighted by atomic mass is 79.9. The van der Waals surface area contributed by atoms with Gasteiger partial charge in [-0.25, -0.2) is 0 Å². The van der Waals surface area contributed by atoms with Gasteiger partial charge in [0.25, 0.3) is 0 Å². The van der Waals surface area contributed by atoms with Gasteiger partial charge in [0.15, 0.2) is 11.5 Å². The Kier molecular flexibility index (Phi) is 6.63. The number of methoxy groups -OCH3 is 2. The summed E-state index contributed by atoms with van der Waals surface area (Å²) in [6, 6.07) is 13.2. The van der Waals surface area contributed by atoms with Crippen molar-refractivity contribution in [1.82, 2.24) is 4.90 Å². The maximum absolute atomic E-state index is 12.2. The Labute approximate surface area is 150 Å². The SMILES string of the molecule is COc1cccc(CN(C)CC(=O)Nc2cccc(Br)c2)c1OC. The molecule has 0 saturated heterocycles. The first-order chi connectivity index (χ1) is 11.5. The summed E-state index contributed by atoms with van der Waals surface area (Å²) >= 11 is 3.39. The molecule has 0 saturated carbocycles. The Morgan fingerprint density at radius 1 is 1.17 bits per heavy atom. The third-order valence-corrected chi connectivity index (χ3v) is 3.94. The van der Waals surface area contributed by atoms with Crippen molar-refractivity contribution in [3.63, 3.8) is 0 Å². The molecule has 128 valence electrons. The molecule has 0 aliphatic rings. The summed E-state index contributed by atoms with van der Waals surface area (Å²) in [5.41, 5.74) is 1.73. The van der Waals surface area contributed by atoms with Gasteiger partial charge >= 0.3 is 0 Å². The number of anilines is 1. The van der Waals surface area contributed by atoms with Crippen LogP contribution < -0.4 is 14.8 Å². The third kappa shape index (κ3) is 4.97. The van der Waals surface area contributed by atoms with Crippen molar-refractivity contribution in [2.75, 3.05) is 33.1 Å². The fourth-order valence-corrected chi connectivity index (χ4v) is 2.84. The molecule has 0 radical (unpaired) electrons. The Hall–Kier alpha value is -2.05. The van der Waals surface area contributed by atoms with Gasteiger partial charge < -0.3 is 14.8 Å². The summed E-state index contributed by atoms with van der Waals surface area (Å²) in [4.78, 5) is 14.1. The van der Waals surface area contributed by atoms with Gasteiger partial charge in [-0.05, 0) is 31.3 Å². The Morgan fingerprint density at radius 2 is 1.92 bits per heavy atom. The molecule has 6 heteroatoms. The molecular weight excluding hydrogens is 372 g/mol. The van der Waals surface area contributed by atoms with Crippen LogP contribution in [0.3, 0.4) is 0 Å². The summed E-state index contributed by atoms with van der Waals surface area (Å²) in [7, 11) is 5.11. The molecule has 2 aromatic carbocycles. The van der Waals surface area contributed by atoms with E-state index in [0.717, 1.165) is 15.7 Å². The van der Waals surface area contributed by atoms with Crippen LogP contribution in [0.2, 0.25) is 0 Å². The van der Waals surface area contributed by atoms with E-state index in [1.165, 1.54) is 0 Å². The third-order valence-electron chi connectivity index (χ3n) is 3.45.